The Morgan fingerprint density at radius 3 is 2.67 bits per heavy atom. The Morgan fingerprint density at radius 1 is 1.40 bits per heavy atom. The van der Waals surface area contributed by atoms with E-state index in [2.05, 4.69) is 37.2 Å². The molecular formula is C13H19NS. The van der Waals surface area contributed by atoms with E-state index in [-0.39, 0.29) is 0 Å². The molecule has 1 aromatic rings. The molecule has 0 bridgehead atoms. The van der Waals surface area contributed by atoms with Crippen molar-refractivity contribution in [3.8, 4) is 0 Å². The molecule has 1 N–H and O–H groups in total. The van der Waals surface area contributed by atoms with E-state index in [1.807, 2.05) is 30.0 Å². The van der Waals surface area contributed by atoms with Gasteiger partial charge in [0.2, 0.25) is 0 Å². The number of nitrogens with one attached hydrogen (secondary N) is 1. The smallest absolute Gasteiger partial charge is 0.0208 e. The van der Waals surface area contributed by atoms with Crippen molar-refractivity contribution in [2.24, 2.45) is 0 Å². The van der Waals surface area contributed by atoms with Gasteiger partial charge in [0.05, 0.1) is 0 Å². The molecule has 0 heterocycles. The van der Waals surface area contributed by atoms with E-state index in [0.717, 1.165) is 17.9 Å². The van der Waals surface area contributed by atoms with Crippen LogP contribution in [0.4, 0.5) is 0 Å². The molecule has 2 heteroatoms. The van der Waals surface area contributed by atoms with E-state index in [0.29, 0.717) is 6.04 Å². The van der Waals surface area contributed by atoms with Crippen molar-refractivity contribution in [1.82, 2.24) is 5.32 Å². The molecule has 1 rings (SSSR count). The van der Waals surface area contributed by atoms with Crippen LogP contribution < -0.4 is 5.32 Å². The van der Waals surface area contributed by atoms with Gasteiger partial charge >= 0.3 is 0 Å². The van der Waals surface area contributed by atoms with Gasteiger partial charge in [0.15, 0.2) is 0 Å². The lowest BCUT2D eigenvalue weighted by Crippen LogP contribution is -2.29. The predicted octanol–water partition coefficient (Wildman–Crippen LogP) is 3.04. The molecule has 0 fully saturated rings. The van der Waals surface area contributed by atoms with Gasteiger partial charge in [-0.3, -0.25) is 0 Å². The zero-order valence-corrected chi connectivity index (χ0v) is 10.3. The maximum absolute atomic E-state index is 4.09. The lowest BCUT2D eigenvalue weighted by Gasteiger charge is -2.13. The second kappa shape index (κ2) is 6.70. The van der Waals surface area contributed by atoms with Crippen molar-refractivity contribution < 1.29 is 0 Å². The molecule has 1 nitrogen and oxygen atoms in total. The molecule has 1 unspecified atom stereocenters. The molecule has 0 amide bonds. The Labute approximate surface area is 97.0 Å². The van der Waals surface area contributed by atoms with E-state index in [1.165, 1.54) is 5.56 Å². The van der Waals surface area contributed by atoms with Crippen LogP contribution in [0.15, 0.2) is 36.9 Å². The van der Waals surface area contributed by atoms with E-state index >= 15 is 0 Å². The zero-order valence-electron chi connectivity index (χ0n) is 9.49. The van der Waals surface area contributed by atoms with Crippen molar-refractivity contribution in [2.45, 2.75) is 13.0 Å². The normalized spacial score (nSPS) is 12.4. The monoisotopic (exact) mass is 221 g/mol. The van der Waals surface area contributed by atoms with Crippen LogP contribution in [0.5, 0.6) is 0 Å². The third-order valence-electron chi connectivity index (χ3n) is 2.26. The number of benzene rings is 1. The summed E-state index contributed by atoms with van der Waals surface area (Å²) in [4.78, 5) is 0. The summed E-state index contributed by atoms with van der Waals surface area (Å²) in [6.07, 6.45) is 2.13. The summed E-state index contributed by atoms with van der Waals surface area (Å²) in [5, 5.41) is 3.46. The van der Waals surface area contributed by atoms with E-state index in [1.54, 1.807) is 0 Å². The van der Waals surface area contributed by atoms with Crippen LogP contribution in [0.3, 0.4) is 0 Å². The highest BCUT2D eigenvalue weighted by atomic mass is 32.2. The number of thioether (sulfide) groups is 1. The molecule has 1 aromatic carbocycles. The van der Waals surface area contributed by atoms with Crippen molar-refractivity contribution in [3.63, 3.8) is 0 Å². The lowest BCUT2D eigenvalue weighted by molar-refractivity contribution is 0.646. The van der Waals surface area contributed by atoms with Crippen molar-refractivity contribution in [2.75, 3.05) is 18.6 Å². The van der Waals surface area contributed by atoms with Gasteiger partial charge < -0.3 is 5.32 Å². The summed E-state index contributed by atoms with van der Waals surface area (Å²) >= 11 is 1.87. The Bertz CT molecular complexity index is 295. The predicted molar refractivity (Wildman–Crippen MR) is 71.3 cm³/mol. The first kappa shape index (κ1) is 12.3. The summed E-state index contributed by atoms with van der Waals surface area (Å²) in [5.74, 6) is 1.14. The molecule has 0 saturated heterocycles. The minimum atomic E-state index is 0.542. The second-order valence-electron chi connectivity index (χ2n) is 3.71. The summed E-state index contributed by atoms with van der Waals surface area (Å²) in [5.41, 5.74) is 2.38. The van der Waals surface area contributed by atoms with Crippen LogP contribution in [-0.4, -0.2) is 24.6 Å². The lowest BCUT2D eigenvalue weighted by atomic mass is 10.1. The van der Waals surface area contributed by atoms with Crippen LogP contribution in [0.2, 0.25) is 0 Å². The van der Waals surface area contributed by atoms with E-state index in [4.69, 9.17) is 0 Å². The fraction of sp³-hybridized carbons (Fsp3) is 0.385. The van der Waals surface area contributed by atoms with Gasteiger partial charge in [0, 0.05) is 18.3 Å². The first-order valence-electron chi connectivity index (χ1n) is 5.19. The molecule has 0 radical (unpaired) electrons. The Balaban J connectivity index is 2.37. The first-order chi connectivity index (χ1) is 7.24. The maximum Gasteiger partial charge on any atom is 0.0208 e. The molecule has 0 aliphatic carbocycles. The fourth-order valence-electron chi connectivity index (χ4n) is 1.38. The van der Waals surface area contributed by atoms with E-state index in [9.17, 15) is 0 Å². The minimum Gasteiger partial charge on any atom is -0.309 e. The van der Waals surface area contributed by atoms with Crippen molar-refractivity contribution in [1.29, 1.82) is 0 Å². The third kappa shape index (κ3) is 4.54. The topological polar surface area (TPSA) is 12.0 Å². The van der Waals surface area contributed by atoms with Crippen molar-refractivity contribution >= 4 is 17.3 Å². The quantitative estimate of drug-likeness (QED) is 0.792. The largest absolute Gasteiger partial charge is 0.309 e. The number of hydrogen-bond acceptors (Lipinski definition) is 2. The minimum absolute atomic E-state index is 0.542. The highest BCUT2D eigenvalue weighted by Gasteiger charge is 2.02. The van der Waals surface area contributed by atoms with Crippen LogP contribution in [0, 0.1) is 0 Å². The Hall–Kier alpha value is -0.730. The maximum atomic E-state index is 4.09. The Kier molecular flexibility index (Phi) is 5.51. The average Bonchev–Trinajstić information content (AvgIpc) is 2.27. The van der Waals surface area contributed by atoms with Crippen LogP contribution >= 0.6 is 11.8 Å². The molecule has 0 aromatic heterocycles. The van der Waals surface area contributed by atoms with Gasteiger partial charge in [-0.05, 0) is 24.3 Å². The number of hydrogen-bond donors (Lipinski definition) is 1. The van der Waals surface area contributed by atoms with Crippen LogP contribution in [-0.2, 0) is 0 Å². The standard InChI is InChI=1S/C13H19NS/c1-11(9-14-12(2)10-15-3)13-7-5-4-6-8-13/h4-8,12,14H,1,9-10H2,2-3H3. The van der Waals surface area contributed by atoms with Gasteiger partial charge in [-0.25, -0.2) is 0 Å². The number of rotatable bonds is 6. The zero-order chi connectivity index (χ0) is 11.1. The van der Waals surface area contributed by atoms with Gasteiger partial charge in [-0.1, -0.05) is 36.9 Å². The molecular weight excluding hydrogens is 202 g/mol. The third-order valence-corrected chi connectivity index (χ3v) is 3.10. The fourth-order valence-corrected chi connectivity index (χ4v) is 2.00. The molecule has 0 spiro atoms. The molecule has 82 valence electrons. The summed E-state index contributed by atoms with van der Waals surface area (Å²) < 4.78 is 0. The van der Waals surface area contributed by atoms with Crippen LogP contribution in [0.25, 0.3) is 5.57 Å². The molecule has 0 aliphatic heterocycles. The van der Waals surface area contributed by atoms with Crippen LogP contribution in [0.1, 0.15) is 12.5 Å². The highest BCUT2D eigenvalue weighted by Crippen LogP contribution is 2.10. The summed E-state index contributed by atoms with van der Waals surface area (Å²) in [7, 11) is 0. The molecule has 0 aliphatic rings. The van der Waals surface area contributed by atoms with E-state index < -0.39 is 0 Å². The SMILES string of the molecule is C=C(CNC(C)CSC)c1ccccc1. The first-order valence-corrected chi connectivity index (χ1v) is 6.59. The summed E-state index contributed by atoms with van der Waals surface area (Å²) in [6, 6.07) is 10.9. The van der Waals surface area contributed by atoms with Gasteiger partial charge in [0.25, 0.3) is 0 Å². The van der Waals surface area contributed by atoms with Gasteiger partial charge in [0.1, 0.15) is 0 Å². The highest BCUT2D eigenvalue weighted by molar-refractivity contribution is 7.98. The molecule has 15 heavy (non-hydrogen) atoms. The average molecular weight is 221 g/mol. The molecule has 1 atom stereocenters. The summed E-state index contributed by atoms with van der Waals surface area (Å²) in [6.45, 7) is 7.16. The Morgan fingerprint density at radius 2 is 2.07 bits per heavy atom. The molecule has 0 saturated carbocycles. The second-order valence-corrected chi connectivity index (χ2v) is 4.62. The van der Waals surface area contributed by atoms with Gasteiger partial charge in [-0.2, -0.15) is 11.8 Å². The van der Waals surface area contributed by atoms with Gasteiger partial charge in [-0.15, -0.1) is 0 Å². The van der Waals surface area contributed by atoms with Crippen molar-refractivity contribution in [3.05, 3.63) is 42.5 Å².